The summed E-state index contributed by atoms with van der Waals surface area (Å²) >= 11 is 11.7. The van der Waals surface area contributed by atoms with Gasteiger partial charge in [-0.1, -0.05) is 23.2 Å². The van der Waals surface area contributed by atoms with Gasteiger partial charge in [0.25, 0.3) is 0 Å². The van der Waals surface area contributed by atoms with Crippen molar-refractivity contribution in [2.45, 2.75) is 17.7 Å². The number of nitrogens with two attached hydrogens (primary N) is 1. The number of sulfonamides is 1. The Bertz CT molecular complexity index is 520. The Morgan fingerprint density at radius 3 is 2.56 bits per heavy atom. The second-order valence-electron chi connectivity index (χ2n) is 3.61. The van der Waals surface area contributed by atoms with Crippen molar-refractivity contribution in [2.24, 2.45) is 0 Å². The molecule has 0 fully saturated rings. The molecule has 102 valence electrons. The van der Waals surface area contributed by atoms with Gasteiger partial charge in [-0.15, -0.1) is 0 Å². The number of nitrogen functional groups attached to an aromatic ring is 1. The number of halogens is 2. The summed E-state index contributed by atoms with van der Waals surface area (Å²) in [7, 11) is -3.80. The zero-order valence-electron chi connectivity index (χ0n) is 9.49. The molecule has 0 amide bonds. The average molecular weight is 313 g/mol. The Hall–Kier alpha value is -0.530. The molecule has 0 saturated heterocycles. The molecule has 0 atom stereocenters. The number of benzene rings is 1. The van der Waals surface area contributed by atoms with Gasteiger partial charge in [0.2, 0.25) is 10.0 Å². The number of hydrogen-bond donors (Lipinski definition) is 3. The maximum Gasteiger partial charge on any atom is 0.243 e. The molecule has 0 unspecified atom stereocenters. The Balaban J connectivity index is 2.95. The van der Waals surface area contributed by atoms with Crippen molar-refractivity contribution in [1.29, 1.82) is 0 Å². The minimum atomic E-state index is -3.80. The molecule has 1 rings (SSSR count). The van der Waals surface area contributed by atoms with Crippen LogP contribution in [0.15, 0.2) is 17.0 Å². The second kappa shape index (κ2) is 6.58. The predicted molar refractivity (Wildman–Crippen MR) is 72.4 cm³/mol. The van der Waals surface area contributed by atoms with E-state index in [4.69, 9.17) is 34.0 Å². The van der Waals surface area contributed by atoms with E-state index in [1.807, 2.05) is 0 Å². The molecule has 0 aliphatic rings. The summed E-state index contributed by atoms with van der Waals surface area (Å²) in [4.78, 5) is -0.213. The SMILES string of the molecule is Nc1ccc(Cl)c(S(=O)(=O)NCCCCO)c1Cl. The van der Waals surface area contributed by atoms with Gasteiger partial charge < -0.3 is 10.8 Å². The van der Waals surface area contributed by atoms with E-state index in [-0.39, 0.29) is 33.8 Å². The van der Waals surface area contributed by atoms with Crippen molar-refractivity contribution in [2.75, 3.05) is 18.9 Å². The molecule has 0 heterocycles. The van der Waals surface area contributed by atoms with Crippen LogP contribution in [0.4, 0.5) is 5.69 Å². The van der Waals surface area contributed by atoms with Gasteiger partial charge in [0.1, 0.15) is 4.90 Å². The maximum absolute atomic E-state index is 12.0. The van der Waals surface area contributed by atoms with E-state index in [0.717, 1.165) is 0 Å². The highest BCUT2D eigenvalue weighted by Gasteiger charge is 2.22. The monoisotopic (exact) mass is 312 g/mol. The summed E-state index contributed by atoms with van der Waals surface area (Å²) in [5.74, 6) is 0. The van der Waals surface area contributed by atoms with Gasteiger partial charge in [-0.3, -0.25) is 0 Å². The number of unbranched alkanes of at least 4 members (excludes halogenated alkanes) is 1. The fourth-order valence-corrected chi connectivity index (χ4v) is 3.53. The van der Waals surface area contributed by atoms with Crippen molar-refractivity contribution in [1.82, 2.24) is 4.72 Å². The van der Waals surface area contributed by atoms with E-state index in [9.17, 15) is 8.42 Å². The summed E-state index contributed by atoms with van der Waals surface area (Å²) in [6.07, 6.45) is 1.04. The van der Waals surface area contributed by atoms with Gasteiger partial charge in [0.05, 0.1) is 15.7 Å². The van der Waals surface area contributed by atoms with Crippen LogP contribution in [0.1, 0.15) is 12.8 Å². The molecule has 5 nitrogen and oxygen atoms in total. The smallest absolute Gasteiger partial charge is 0.243 e. The van der Waals surface area contributed by atoms with Crippen LogP contribution in [0.3, 0.4) is 0 Å². The lowest BCUT2D eigenvalue weighted by Crippen LogP contribution is -2.25. The third kappa shape index (κ3) is 3.73. The van der Waals surface area contributed by atoms with Gasteiger partial charge >= 0.3 is 0 Å². The summed E-state index contributed by atoms with van der Waals surface area (Å²) in [5, 5.41) is 8.53. The van der Waals surface area contributed by atoms with Gasteiger partial charge in [-0.2, -0.15) is 0 Å². The van der Waals surface area contributed by atoms with Crippen molar-refractivity contribution in [3.63, 3.8) is 0 Å². The number of rotatable bonds is 6. The molecule has 0 aliphatic heterocycles. The molecule has 0 aromatic heterocycles. The number of hydrogen-bond acceptors (Lipinski definition) is 4. The van der Waals surface area contributed by atoms with E-state index in [0.29, 0.717) is 12.8 Å². The highest BCUT2D eigenvalue weighted by atomic mass is 35.5. The van der Waals surface area contributed by atoms with Crippen LogP contribution in [0.25, 0.3) is 0 Å². The molecule has 8 heteroatoms. The normalized spacial score (nSPS) is 11.7. The van der Waals surface area contributed by atoms with Crippen molar-refractivity contribution in [3.8, 4) is 0 Å². The minimum Gasteiger partial charge on any atom is -0.397 e. The van der Waals surface area contributed by atoms with Crippen LogP contribution in [0, 0.1) is 0 Å². The Labute approximate surface area is 116 Å². The van der Waals surface area contributed by atoms with E-state index < -0.39 is 10.0 Å². The molecule has 4 N–H and O–H groups in total. The van der Waals surface area contributed by atoms with Gasteiger partial charge in [-0.25, -0.2) is 13.1 Å². The largest absolute Gasteiger partial charge is 0.397 e. The zero-order chi connectivity index (χ0) is 13.8. The van der Waals surface area contributed by atoms with Crippen LogP contribution in [0.2, 0.25) is 10.0 Å². The first-order chi connectivity index (χ1) is 8.40. The number of anilines is 1. The summed E-state index contributed by atoms with van der Waals surface area (Å²) < 4.78 is 26.3. The van der Waals surface area contributed by atoms with Gasteiger partial charge in [-0.05, 0) is 25.0 Å². The highest BCUT2D eigenvalue weighted by Crippen LogP contribution is 2.33. The van der Waals surface area contributed by atoms with Crippen LogP contribution in [0.5, 0.6) is 0 Å². The topological polar surface area (TPSA) is 92.4 Å². The van der Waals surface area contributed by atoms with Gasteiger partial charge in [0, 0.05) is 13.2 Å². The summed E-state index contributed by atoms with van der Waals surface area (Å²) in [6.45, 7) is 0.214. The van der Waals surface area contributed by atoms with E-state index >= 15 is 0 Å². The quantitative estimate of drug-likeness (QED) is 0.550. The molecule has 0 spiro atoms. The minimum absolute atomic E-state index is 0.0154. The standard InChI is InChI=1S/C10H14Cl2N2O3S/c11-7-3-4-8(13)9(12)10(7)18(16,17)14-5-1-2-6-15/h3-4,14-15H,1-2,5-6,13H2. The molecule has 1 aromatic rings. The lowest BCUT2D eigenvalue weighted by molar-refractivity contribution is 0.285. The fraction of sp³-hybridized carbons (Fsp3) is 0.400. The average Bonchev–Trinajstić information content (AvgIpc) is 2.30. The van der Waals surface area contributed by atoms with Crippen molar-refractivity contribution < 1.29 is 13.5 Å². The summed E-state index contributed by atoms with van der Waals surface area (Å²) in [6, 6.07) is 2.82. The van der Waals surface area contributed by atoms with Crippen LogP contribution >= 0.6 is 23.2 Å². The molecular weight excluding hydrogens is 299 g/mol. The Morgan fingerprint density at radius 1 is 1.28 bits per heavy atom. The second-order valence-corrected chi connectivity index (χ2v) is 6.10. The molecule has 18 heavy (non-hydrogen) atoms. The first-order valence-corrected chi connectivity index (χ1v) is 7.48. The maximum atomic E-state index is 12.0. The lowest BCUT2D eigenvalue weighted by Gasteiger charge is -2.11. The number of nitrogens with one attached hydrogen (secondary N) is 1. The zero-order valence-corrected chi connectivity index (χ0v) is 11.8. The Kier molecular flexibility index (Phi) is 5.68. The number of aliphatic hydroxyl groups excluding tert-OH is 1. The van der Waals surface area contributed by atoms with E-state index in [1.54, 1.807) is 0 Å². The molecule has 0 radical (unpaired) electrons. The van der Waals surface area contributed by atoms with Crippen molar-refractivity contribution in [3.05, 3.63) is 22.2 Å². The van der Waals surface area contributed by atoms with Crippen LogP contribution in [-0.4, -0.2) is 26.7 Å². The molecule has 1 aromatic carbocycles. The van der Waals surface area contributed by atoms with Crippen LogP contribution in [-0.2, 0) is 10.0 Å². The van der Waals surface area contributed by atoms with Gasteiger partial charge in [0.15, 0.2) is 0 Å². The molecule has 0 bridgehead atoms. The van der Waals surface area contributed by atoms with E-state index in [2.05, 4.69) is 4.72 Å². The third-order valence-corrected chi connectivity index (χ3v) is 4.72. The van der Waals surface area contributed by atoms with Crippen LogP contribution < -0.4 is 10.5 Å². The fourth-order valence-electron chi connectivity index (χ4n) is 1.31. The lowest BCUT2D eigenvalue weighted by atomic mass is 10.3. The number of aliphatic hydroxyl groups is 1. The first kappa shape index (κ1) is 15.5. The molecular formula is C10H14Cl2N2O3S. The summed E-state index contributed by atoms with van der Waals surface area (Å²) in [5.41, 5.74) is 5.70. The molecule has 0 aliphatic carbocycles. The third-order valence-electron chi connectivity index (χ3n) is 2.22. The first-order valence-electron chi connectivity index (χ1n) is 5.24. The Morgan fingerprint density at radius 2 is 1.94 bits per heavy atom. The molecule has 0 saturated carbocycles. The van der Waals surface area contributed by atoms with E-state index in [1.165, 1.54) is 12.1 Å². The highest BCUT2D eigenvalue weighted by molar-refractivity contribution is 7.89. The predicted octanol–water partition coefficient (Wildman–Crippen LogP) is 1.63. The van der Waals surface area contributed by atoms with Crippen molar-refractivity contribution >= 4 is 38.9 Å².